The van der Waals surface area contributed by atoms with E-state index in [1.807, 2.05) is 30.3 Å². The molecule has 138 valence electrons. The molecule has 1 N–H and O–H groups in total. The highest BCUT2D eigenvalue weighted by molar-refractivity contribution is 7.99. The van der Waals surface area contributed by atoms with Crippen molar-refractivity contribution in [3.05, 3.63) is 78.6 Å². The number of rotatable bonds is 8. The lowest BCUT2D eigenvalue weighted by molar-refractivity contribution is -0.118. The average molecular weight is 382 g/mol. The lowest BCUT2D eigenvalue weighted by Gasteiger charge is -2.08. The van der Waals surface area contributed by atoms with Gasteiger partial charge in [0.2, 0.25) is 5.91 Å². The third-order valence-corrected chi connectivity index (χ3v) is 4.77. The number of nitrogens with one attached hydrogen (secondary N) is 1. The maximum Gasteiger partial charge on any atom is 0.230 e. The van der Waals surface area contributed by atoms with Gasteiger partial charge in [0.25, 0.3) is 0 Å². The number of nitrogens with zero attached hydrogens (tertiary/aromatic N) is 3. The van der Waals surface area contributed by atoms with Gasteiger partial charge in [-0.1, -0.05) is 60.3 Å². The van der Waals surface area contributed by atoms with Crippen LogP contribution in [0.4, 0.5) is 4.39 Å². The van der Waals surface area contributed by atoms with Crippen LogP contribution in [0, 0.1) is 5.82 Å². The molecule has 0 aliphatic rings. The predicted molar refractivity (Wildman–Crippen MR) is 105 cm³/mol. The zero-order valence-electron chi connectivity index (χ0n) is 14.6. The second-order valence-electron chi connectivity index (χ2n) is 5.74. The van der Waals surface area contributed by atoms with Crippen molar-refractivity contribution < 1.29 is 9.18 Å². The molecule has 0 atom stereocenters. The molecule has 0 unspecified atom stereocenters. The molecule has 3 aromatic rings. The molecule has 3 rings (SSSR count). The fourth-order valence-electron chi connectivity index (χ4n) is 2.51. The lowest BCUT2D eigenvalue weighted by Crippen LogP contribution is -2.24. The van der Waals surface area contributed by atoms with Crippen LogP contribution in [0.2, 0.25) is 0 Å². The van der Waals surface area contributed by atoms with Crippen LogP contribution in [0.15, 0.2) is 72.4 Å². The van der Waals surface area contributed by atoms with Gasteiger partial charge in [-0.3, -0.25) is 9.36 Å². The summed E-state index contributed by atoms with van der Waals surface area (Å²) in [5.41, 5.74) is 1.40. The number of hydrogen-bond donors (Lipinski definition) is 1. The SMILES string of the molecule is C=CCn1c(SCC(=O)NCc2ccccc2)nnc1-c1ccccc1F. The second-order valence-corrected chi connectivity index (χ2v) is 6.68. The van der Waals surface area contributed by atoms with Crippen LogP contribution in [0.1, 0.15) is 5.56 Å². The van der Waals surface area contributed by atoms with Gasteiger partial charge in [-0.05, 0) is 17.7 Å². The number of amides is 1. The summed E-state index contributed by atoms with van der Waals surface area (Å²) < 4.78 is 15.9. The molecule has 5 nitrogen and oxygen atoms in total. The first kappa shape index (κ1) is 18.8. The molecule has 0 saturated heterocycles. The number of thioether (sulfide) groups is 1. The highest BCUT2D eigenvalue weighted by Gasteiger charge is 2.17. The van der Waals surface area contributed by atoms with Crippen molar-refractivity contribution in [2.75, 3.05) is 5.75 Å². The Bertz CT molecular complexity index is 927. The van der Waals surface area contributed by atoms with Crippen molar-refractivity contribution >= 4 is 17.7 Å². The van der Waals surface area contributed by atoms with E-state index in [9.17, 15) is 9.18 Å². The molecular formula is C20H19FN4OS. The van der Waals surface area contributed by atoms with Crippen LogP contribution < -0.4 is 5.32 Å². The monoisotopic (exact) mass is 382 g/mol. The van der Waals surface area contributed by atoms with Gasteiger partial charge in [0.1, 0.15) is 5.82 Å². The van der Waals surface area contributed by atoms with E-state index in [4.69, 9.17) is 0 Å². The Morgan fingerprint density at radius 3 is 2.63 bits per heavy atom. The van der Waals surface area contributed by atoms with E-state index in [0.29, 0.717) is 29.6 Å². The molecule has 0 aliphatic heterocycles. The molecule has 0 fully saturated rings. The first-order chi connectivity index (χ1) is 13.2. The van der Waals surface area contributed by atoms with Gasteiger partial charge in [-0.15, -0.1) is 16.8 Å². The molecule has 1 heterocycles. The maximum atomic E-state index is 14.1. The molecular weight excluding hydrogens is 363 g/mol. The van der Waals surface area contributed by atoms with Crippen molar-refractivity contribution in [3.63, 3.8) is 0 Å². The van der Waals surface area contributed by atoms with Gasteiger partial charge in [0.15, 0.2) is 11.0 Å². The van der Waals surface area contributed by atoms with Gasteiger partial charge in [0, 0.05) is 13.1 Å². The topological polar surface area (TPSA) is 59.8 Å². The fourth-order valence-corrected chi connectivity index (χ4v) is 3.29. The van der Waals surface area contributed by atoms with Crippen molar-refractivity contribution in [1.82, 2.24) is 20.1 Å². The van der Waals surface area contributed by atoms with Gasteiger partial charge >= 0.3 is 0 Å². The second kappa shape index (κ2) is 9.14. The van der Waals surface area contributed by atoms with Gasteiger partial charge in [0.05, 0.1) is 11.3 Å². The molecule has 0 spiro atoms. The molecule has 0 aliphatic carbocycles. The summed E-state index contributed by atoms with van der Waals surface area (Å²) in [4.78, 5) is 12.1. The summed E-state index contributed by atoms with van der Waals surface area (Å²) in [7, 11) is 0. The van der Waals surface area contributed by atoms with Crippen LogP contribution in [-0.2, 0) is 17.9 Å². The number of carbonyl (C=O) groups excluding carboxylic acids is 1. The van der Waals surface area contributed by atoms with Crippen molar-refractivity contribution in [2.24, 2.45) is 0 Å². The number of halogens is 1. The van der Waals surface area contributed by atoms with Crippen LogP contribution in [0.3, 0.4) is 0 Å². The van der Waals surface area contributed by atoms with Crippen molar-refractivity contribution in [3.8, 4) is 11.4 Å². The molecule has 0 saturated carbocycles. The summed E-state index contributed by atoms with van der Waals surface area (Å²) in [6.45, 7) is 4.63. The van der Waals surface area contributed by atoms with E-state index in [2.05, 4.69) is 22.1 Å². The highest BCUT2D eigenvalue weighted by Crippen LogP contribution is 2.25. The minimum absolute atomic E-state index is 0.107. The first-order valence-corrected chi connectivity index (χ1v) is 9.40. The van der Waals surface area contributed by atoms with E-state index in [-0.39, 0.29) is 17.5 Å². The molecule has 0 radical (unpaired) electrons. The molecule has 7 heteroatoms. The Balaban J connectivity index is 1.67. The smallest absolute Gasteiger partial charge is 0.230 e. The van der Waals surface area contributed by atoms with Crippen LogP contribution >= 0.6 is 11.8 Å². The fraction of sp³-hybridized carbons (Fsp3) is 0.150. The summed E-state index contributed by atoms with van der Waals surface area (Å²) in [6.07, 6.45) is 1.69. The first-order valence-electron chi connectivity index (χ1n) is 8.41. The molecule has 27 heavy (non-hydrogen) atoms. The summed E-state index contributed by atoms with van der Waals surface area (Å²) >= 11 is 1.26. The Hall–Kier alpha value is -2.93. The predicted octanol–water partition coefficient (Wildman–Crippen LogP) is 3.68. The third-order valence-electron chi connectivity index (χ3n) is 3.81. The van der Waals surface area contributed by atoms with Gasteiger partial charge < -0.3 is 5.32 Å². The molecule has 0 bridgehead atoms. The normalized spacial score (nSPS) is 10.6. The average Bonchev–Trinajstić information content (AvgIpc) is 3.09. The summed E-state index contributed by atoms with van der Waals surface area (Å²) in [5.74, 6) is 0.136. The molecule has 2 aromatic carbocycles. The van der Waals surface area contributed by atoms with Crippen LogP contribution in [0.25, 0.3) is 11.4 Å². The zero-order valence-corrected chi connectivity index (χ0v) is 15.5. The number of hydrogen-bond acceptors (Lipinski definition) is 4. The van der Waals surface area contributed by atoms with E-state index >= 15 is 0 Å². The summed E-state index contributed by atoms with van der Waals surface area (Å²) in [5, 5.41) is 11.6. The van der Waals surface area contributed by atoms with Crippen LogP contribution in [-0.4, -0.2) is 26.4 Å². The Labute approximate surface area is 161 Å². The van der Waals surface area contributed by atoms with Gasteiger partial charge in [-0.25, -0.2) is 4.39 Å². The third kappa shape index (κ3) is 4.83. The zero-order chi connectivity index (χ0) is 19.1. The number of benzene rings is 2. The Kier molecular flexibility index (Phi) is 6.38. The number of carbonyl (C=O) groups is 1. The number of aromatic nitrogens is 3. The van der Waals surface area contributed by atoms with E-state index in [1.165, 1.54) is 17.8 Å². The number of allylic oxidation sites excluding steroid dienone is 1. The minimum Gasteiger partial charge on any atom is -0.351 e. The summed E-state index contributed by atoms with van der Waals surface area (Å²) in [6, 6.07) is 16.1. The maximum absolute atomic E-state index is 14.1. The van der Waals surface area contributed by atoms with Gasteiger partial charge in [-0.2, -0.15) is 0 Å². The van der Waals surface area contributed by atoms with Crippen molar-refractivity contribution in [1.29, 1.82) is 0 Å². The molecule has 1 aromatic heterocycles. The van der Waals surface area contributed by atoms with E-state index in [1.54, 1.807) is 28.8 Å². The Morgan fingerprint density at radius 1 is 1.15 bits per heavy atom. The quantitative estimate of drug-likeness (QED) is 0.477. The Morgan fingerprint density at radius 2 is 1.89 bits per heavy atom. The molecule has 1 amide bonds. The largest absolute Gasteiger partial charge is 0.351 e. The van der Waals surface area contributed by atoms with Crippen LogP contribution in [0.5, 0.6) is 0 Å². The van der Waals surface area contributed by atoms with Crippen molar-refractivity contribution in [2.45, 2.75) is 18.2 Å². The lowest BCUT2D eigenvalue weighted by atomic mass is 10.2. The van der Waals surface area contributed by atoms with E-state index in [0.717, 1.165) is 5.56 Å². The van der Waals surface area contributed by atoms with E-state index < -0.39 is 0 Å². The minimum atomic E-state index is -0.368. The standard InChI is InChI=1S/C20H19FN4OS/c1-2-12-25-19(16-10-6-7-11-17(16)21)23-24-20(25)27-14-18(26)22-13-15-8-4-3-5-9-15/h2-11H,1,12-14H2,(H,22,26). The highest BCUT2D eigenvalue weighted by atomic mass is 32.2.